The number of piperidine rings is 1. The Morgan fingerprint density at radius 2 is 1.96 bits per heavy atom. The number of nitrogens with zero attached hydrogens (tertiary/aromatic N) is 5. The minimum atomic E-state index is 0.445. The highest BCUT2D eigenvalue weighted by Crippen LogP contribution is 2.33. The standard InChI is InChI=1S/C18H25N5O/c1-22-13-19-11-16(22)18-17(20-6-7-21-18)14-3-2-8-23(12-14)15-4-9-24-10-5-15/h6-7,11,13-15H,2-5,8-10,12H2,1H3/t14-/m1/s1. The van der Waals surface area contributed by atoms with Crippen LogP contribution in [0.15, 0.2) is 24.9 Å². The molecule has 0 aliphatic carbocycles. The number of likely N-dealkylation sites (tertiary alicyclic amines) is 1. The smallest absolute Gasteiger partial charge is 0.110 e. The van der Waals surface area contributed by atoms with Gasteiger partial charge in [0, 0.05) is 51.2 Å². The summed E-state index contributed by atoms with van der Waals surface area (Å²) in [5.41, 5.74) is 3.15. The Labute approximate surface area is 142 Å². The fourth-order valence-electron chi connectivity index (χ4n) is 4.04. The maximum absolute atomic E-state index is 5.52. The first-order chi connectivity index (χ1) is 11.8. The lowest BCUT2D eigenvalue weighted by Crippen LogP contribution is -2.44. The van der Waals surface area contributed by atoms with Crippen molar-refractivity contribution in [3.8, 4) is 11.4 Å². The van der Waals surface area contributed by atoms with Gasteiger partial charge in [0.1, 0.15) is 5.69 Å². The summed E-state index contributed by atoms with van der Waals surface area (Å²) in [4.78, 5) is 16.3. The number of aryl methyl sites for hydroxylation is 1. The summed E-state index contributed by atoms with van der Waals surface area (Å²) in [7, 11) is 2.01. The molecule has 0 bridgehead atoms. The Morgan fingerprint density at radius 3 is 2.75 bits per heavy atom. The van der Waals surface area contributed by atoms with Crippen LogP contribution in [0.2, 0.25) is 0 Å². The summed E-state index contributed by atoms with van der Waals surface area (Å²) >= 11 is 0. The van der Waals surface area contributed by atoms with Gasteiger partial charge in [0.2, 0.25) is 0 Å². The Morgan fingerprint density at radius 1 is 1.12 bits per heavy atom. The van der Waals surface area contributed by atoms with Crippen LogP contribution in [0.5, 0.6) is 0 Å². The van der Waals surface area contributed by atoms with Gasteiger partial charge in [-0.15, -0.1) is 0 Å². The largest absolute Gasteiger partial charge is 0.381 e. The first-order valence-electron chi connectivity index (χ1n) is 8.92. The summed E-state index contributed by atoms with van der Waals surface area (Å²) in [6.45, 7) is 4.07. The molecule has 0 saturated carbocycles. The molecule has 6 nitrogen and oxygen atoms in total. The van der Waals surface area contributed by atoms with Crippen LogP contribution < -0.4 is 0 Å². The lowest BCUT2D eigenvalue weighted by Gasteiger charge is -2.40. The topological polar surface area (TPSA) is 56.1 Å². The van der Waals surface area contributed by atoms with Crippen LogP contribution in [0.3, 0.4) is 0 Å². The first kappa shape index (κ1) is 15.7. The predicted molar refractivity (Wildman–Crippen MR) is 91.6 cm³/mol. The molecule has 2 aromatic heterocycles. The maximum atomic E-state index is 5.52. The predicted octanol–water partition coefficient (Wildman–Crippen LogP) is 2.24. The molecule has 6 heteroatoms. The van der Waals surface area contributed by atoms with Gasteiger partial charge in [0.15, 0.2) is 0 Å². The molecular weight excluding hydrogens is 302 g/mol. The van der Waals surface area contributed by atoms with E-state index in [1.807, 2.05) is 30.3 Å². The summed E-state index contributed by atoms with van der Waals surface area (Å²) < 4.78 is 7.54. The summed E-state index contributed by atoms with van der Waals surface area (Å²) in [5, 5.41) is 0. The van der Waals surface area contributed by atoms with Crippen LogP contribution in [-0.4, -0.2) is 56.8 Å². The fraction of sp³-hybridized carbons (Fsp3) is 0.611. The van der Waals surface area contributed by atoms with Gasteiger partial charge >= 0.3 is 0 Å². The molecule has 2 aliphatic rings. The van der Waals surface area contributed by atoms with Crippen molar-refractivity contribution in [2.75, 3.05) is 26.3 Å². The molecule has 0 amide bonds. The van der Waals surface area contributed by atoms with Gasteiger partial charge in [-0.2, -0.15) is 0 Å². The zero-order valence-electron chi connectivity index (χ0n) is 14.3. The molecule has 2 fully saturated rings. The van der Waals surface area contributed by atoms with E-state index in [0.717, 1.165) is 49.7 Å². The zero-order chi connectivity index (χ0) is 16.4. The third kappa shape index (κ3) is 3.08. The van der Waals surface area contributed by atoms with E-state index in [9.17, 15) is 0 Å². The maximum Gasteiger partial charge on any atom is 0.110 e. The molecule has 24 heavy (non-hydrogen) atoms. The summed E-state index contributed by atoms with van der Waals surface area (Å²) in [6.07, 6.45) is 12.0. The van der Waals surface area contributed by atoms with Crippen molar-refractivity contribution in [1.29, 1.82) is 0 Å². The van der Waals surface area contributed by atoms with Crippen molar-refractivity contribution < 1.29 is 4.74 Å². The van der Waals surface area contributed by atoms with Crippen LogP contribution in [0, 0.1) is 0 Å². The van der Waals surface area contributed by atoms with Gasteiger partial charge in [-0.05, 0) is 32.2 Å². The van der Waals surface area contributed by atoms with Crippen molar-refractivity contribution in [3.05, 3.63) is 30.6 Å². The Bertz CT molecular complexity index is 680. The van der Waals surface area contributed by atoms with Gasteiger partial charge in [0.25, 0.3) is 0 Å². The second-order valence-corrected chi connectivity index (χ2v) is 6.86. The van der Waals surface area contributed by atoms with Crippen LogP contribution >= 0.6 is 0 Å². The number of ether oxygens (including phenoxy) is 1. The number of hydrogen-bond acceptors (Lipinski definition) is 5. The molecule has 0 unspecified atom stereocenters. The molecule has 0 radical (unpaired) electrons. The van der Waals surface area contributed by atoms with Crippen LogP contribution in [-0.2, 0) is 11.8 Å². The average molecular weight is 327 g/mol. The average Bonchev–Trinajstić information content (AvgIpc) is 3.08. The van der Waals surface area contributed by atoms with E-state index in [2.05, 4.69) is 14.9 Å². The molecule has 128 valence electrons. The number of aromatic nitrogens is 4. The van der Waals surface area contributed by atoms with Gasteiger partial charge in [-0.1, -0.05) is 0 Å². The second-order valence-electron chi connectivity index (χ2n) is 6.86. The van der Waals surface area contributed by atoms with Crippen molar-refractivity contribution in [2.45, 2.75) is 37.6 Å². The monoisotopic (exact) mass is 327 g/mol. The highest BCUT2D eigenvalue weighted by atomic mass is 16.5. The lowest BCUT2D eigenvalue weighted by molar-refractivity contribution is 0.0238. The Hall–Kier alpha value is -1.79. The zero-order valence-corrected chi connectivity index (χ0v) is 14.3. The minimum absolute atomic E-state index is 0.445. The molecule has 0 spiro atoms. The van der Waals surface area contributed by atoms with E-state index < -0.39 is 0 Å². The van der Waals surface area contributed by atoms with Crippen molar-refractivity contribution in [3.63, 3.8) is 0 Å². The van der Waals surface area contributed by atoms with E-state index in [0.29, 0.717) is 12.0 Å². The normalized spacial score (nSPS) is 23.5. The quantitative estimate of drug-likeness (QED) is 0.865. The number of imidazole rings is 1. The highest BCUT2D eigenvalue weighted by molar-refractivity contribution is 5.57. The molecule has 2 saturated heterocycles. The Kier molecular flexibility index (Phi) is 4.58. The first-order valence-corrected chi connectivity index (χ1v) is 8.92. The van der Waals surface area contributed by atoms with Gasteiger partial charge in [-0.25, -0.2) is 4.98 Å². The SMILES string of the molecule is Cn1cncc1-c1nccnc1[C@@H]1CCCN(C2CCOCC2)C1. The molecule has 0 aromatic carbocycles. The summed E-state index contributed by atoms with van der Waals surface area (Å²) in [6, 6.07) is 0.665. The van der Waals surface area contributed by atoms with Crippen molar-refractivity contribution >= 4 is 0 Å². The minimum Gasteiger partial charge on any atom is -0.381 e. The van der Waals surface area contributed by atoms with Crippen molar-refractivity contribution in [1.82, 2.24) is 24.4 Å². The molecule has 2 aliphatic heterocycles. The van der Waals surface area contributed by atoms with E-state index >= 15 is 0 Å². The Balaban J connectivity index is 1.58. The molecule has 1 atom stereocenters. The molecule has 4 rings (SSSR count). The van der Waals surface area contributed by atoms with E-state index in [1.165, 1.54) is 19.4 Å². The fourth-order valence-corrected chi connectivity index (χ4v) is 4.04. The van der Waals surface area contributed by atoms with Gasteiger partial charge in [-0.3, -0.25) is 14.9 Å². The third-order valence-corrected chi connectivity index (χ3v) is 5.33. The van der Waals surface area contributed by atoms with E-state index in [4.69, 9.17) is 9.72 Å². The van der Waals surface area contributed by atoms with E-state index in [-0.39, 0.29) is 0 Å². The van der Waals surface area contributed by atoms with Crippen LogP contribution in [0.25, 0.3) is 11.4 Å². The van der Waals surface area contributed by atoms with Gasteiger partial charge in [0.05, 0.1) is 23.9 Å². The van der Waals surface area contributed by atoms with Crippen LogP contribution in [0.1, 0.15) is 37.3 Å². The third-order valence-electron chi connectivity index (χ3n) is 5.33. The lowest BCUT2D eigenvalue weighted by atomic mass is 9.90. The molecular formula is C18H25N5O. The number of rotatable bonds is 3. The molecule has 0 N–H and O–H groups in total. The molecule has 4 heterocycles. The van der Waals surface area contributed by atoms with Crippen molar-refractivity contribution in [2.24, 2.45) is 7.05 Å². The summed E-state index contributed by atoms with van der Waals surface area (Å²) in [5.74, 6) is 0.445. The van der Waals surface area contributed by atoms with Gasteiger partial charge < -0.3 is 9.30 Å². The highest BCUT2D eigenvalue weighted by Gasteiger charge is 2.30. The number of hydrogen-bond donors (Lipinski definition) is 0. The van der Waals surface area contributed by atoms with Crippen LogP contribution in [0.4, 0.5) is 0 Å². The second kappa shape index (κ2) is 6.99. The van der Waals surface area contributed by atoms with E-state index in [1.54, 1.807) is 6.20 Å². The molecule has 2 aromatic rings.